The molecule has 132 valence electrons. The molecule has 4 nitrogen and oxygen atoms in total. The first kappa shape index (κ1) is 20.2. The molecule has 0 aliphatic heterocycles. The van der Waals surface area contributed by atoms with Gasteiger partial charge in [-0.3, -0.25) is 0 Å². The zero-order valence-electron chi connectivity index (χ0n) is 15.4. The maximum atomic E-state index is 11.7. The molecular formula is C19H27ClN2O2. The third-order valence-electron chi connectivity index (χ3n) is 3.22. The van der Waals surface area contributed by atoms with Gasteiger partial charge in [0.1, 0.15) is 5.60 Å². The van der Waals surface area contributed by atoms with E-state index in [1.165, 1.54) is 0 Å². The number of alkyl carbamates (subject to hydrolysis) is 1. The van der Waals surface area contributed by atoms with Crippen molar-refractivity contribution >= 4 is 23.4 Å². The van der Waals surface area contributed by atoms with Gasteiger partial charge in [-0.25, -0.2) is 4.79 Å². The van der Waals surface area contributed by atoms with Gasteiger partial charge in [-0.1, -0.05) is 23.4 Å². The minimum Gasteiger partial charge on any atom is -0.444 e. The second kappa shape index (κ2) is 8.84. The number of hydrogen-bond acceptors (Lipinski definition) is 3. The van der Waals surface area contributed by atoms with Crippen LogP contribution < -0.4 is 10.2 Å². The van der Waals surface area contributed by atoms with E-state index in [2.05, 4.69) is 35.9 Å². The van der Waals surface area contributed by atoms with Gasteiger partial charge in [-0.2, -0.15) is 0 Å². The molecule has 0 saturated carbocycles. The molecule has 1 amide bonds. The van der Waals surface area contributed by atoms with Gasteiger partial charge < -0.3 is 15.0 Å². The van der Waals surface area contributed by atoms with Crippen molar-refractivity contribution in [1.29, 1.82) is 0 Å². The average Bonchev–Trinajstić information content (AvgIpc) is 2.46. The zero-order valence-corrected chi connectivity index (χ0v) is 16.1. The van der Waals surface area contributed by atoms with Crippen LogP contribution in [0.25, 0.3) is 0 Å². The molecule has 0 radical (unpaired) electrons. The number of carbonyl (C=O) groups excluding carboxylic acids is 1. The van der Waals surface area contributed by atoms with Gasteiger partial charge in [0, 0.05) is 18.7 Å². The van der Waals surface area contributed by atoms with Crippen LogP contribution in [0.1, 0.15) is 47.1 Å². The van der Waals surface area contributed by atoms with Crippen molar-refractivity contribution in [2.45, 2.75) is 53.2 Å². The Hall–Kier alpha value is -1.86. The van der Waals surface area contributed by atoms with Crippen molar-refractivity contribution in [3.63, 3.8) is 0 Å². The van der Waals surface area contributed by atoms with Gasteiger partial charge in [0.05, 0.1) is 16.8 Å². The first-order valence-corrected chi connectivity index (χ1v) is 8.59. The lowest BCUT2D eigenvalue weighted by Gasteiger charge is -2.22. The number of nitrogens with zero attached hydrogens (tertiary/aromatic N) is 1. The minimum atomic E-state index is -0.522. The summed E-state index contributed by atoms with van der Waals surface area (Å²) in [5.41, 5.74) is 1.31. The van der Waals surface area contributed by atoms with Crippen LogP contribution in [-0.2, 0) is 4.74 Å². The Morgan fingerprint density at radius 1 is 1.33 bits per heavy atom. The fraction of sp³-hybridized carbons (Fsp3) is 0.526. The average molecular weight is 351 g/mol. The number of benzene rings is 1. The van der Waals surface area contributed by atoms with Crippen LogP contribution in [0.5, 0.6) is 0 Å². The Morgan fingerprint density at radius 2 is 1.96 bits per heavy atom. The van der Waals surface area contributed by atoms with E-state index >= 15 is 0 Å². The molecule has 0 bridgehead atoms. The van der Waals surface area contributed by atoms with Crippen LogP contribution in [0, 0.1) is 11.8 Å². The highest BCUT2D eigenvalue weighted by molar-refractivity contribution is 6.33. The lowest BCUT2D eigenvalue weighted by Crippen LogP contribution is -2.37. The van der Waals surface area contributed by atoms with Crippen molar-refractivity contribution in [3.8, 4) is 11.8 Å². The van der Waals surface area contributed by atoms with Gasteiger partial charge in [0.2, 0.25) is 0 Å². The summed E-state index contributed by atoms with van der Waals surface area (Å²) in [6.07, 6.45) is -0.468. The monoisotopic (exact) mass is 350 g/mol. The first-order valence-electron chi connectivity index (χ1n) is 8.21. The molecule has 24 heavy (non-hydrogen) atoms. The molecule has 0 aromatic heterocycles. The second-order valence-corrected chi connectivity index (χ2v) is 6.88. The largest absolute Gasteiger partial charge is 0.444 e. The van der Waals surface area contributed by atoms with Gasteiger partial charge >= 0.3 is 6.09 Å². The lowest BCUT2D eigenvalue weighted by atomic mass is 10.1. The van der Waals surface area contributed by atoms with Crippen molar-refractivity contribution in [3.05, 3.63) is 28.8 Å². The highest BCUT2D eigenvalue weighted by Gasteiger charge is 2.16. The summed E-state index contributed by atoms with van der Waals surface area (Å²) >= 11 is 6.28. The molecule has 0 fully saturated rings. The van der Waals surface area contributed by atoms with Gasteiger partial charge in [-0.05, 0) is 59.7 Å². The van der Waals surface area contributed by atoms with Crippen LogP contribution in [0.3, 0.4) is 0 Å². The van der Waals surface area contributed by atoms with E-state index in [1.807, 2.05) is 45.9 Å². The predicted molar refractivity (Wildman–Crippen MR) is 101 cm³/mol. The molecule has 5 heteroatoms. The second-order valence-electron chi connectivity index (χ2n) is 6.48. The highest BCUT2D eigenvalue weighted by atomic mass is 35.5. The minimum absolute atomic E-state index is 0.313. The molecule has 1 aromatic carbocycles. The third kappa shape index (κ3) is 6.72. The molecular weight excluding hydrogens is 324 g/mol. The van der Waals surface area contributed by atoms with E-state index in [0.29, 0.717) is 5.02 Å². The number of carbonyl (C=O) groups is 1. The normalized spacial score (nSPS) is 12.0. The van der Waals surface area contributed by atoms with Gasteiger partial charge in [-0.15, -0.1) is 0 Å². The van der Waals surface area contributed by atoms with Crippen LogP contribution in [-0.4, -0.2) is 30.8 Å². The van der Waals surface area contributed by atoms with Crippen LogP contribution in [0.15, 0.2) is 18.2 Å². The Bertz CT molecular complexity index is 622. The molecule has 1 rings (SSSR count). The van der Waals surface area contributed by atoms with Crippen molar-refractivity contribution < 1.29 is 9.53 Å². The molecule has 0 aliphatic rings. The van der Waals surface area contributed by atoms with Gasteiger partial charge in [0.15, 0.2) is 0 Å². The first-order chi connectivity index (χ1) is 11.2. The summed E-state index contributed by atoms with van der Waals surface area (Å²) in [5.74, 6) is 6.09. The maximum Gasteiger partial charge on any atom is 0.408 e. The molecule has 0 aliphatic carbocycles. The lowest BCUT2D eigenvalue weighted by molar-refractivity contribution is 0.0519. The SMILES string of the molecule is CCN(CC)c1cc(C#CC(C)NC(=O)OC(C)(C)C)ccc1Cl. The van der Waals surface area contributed by atoms with E-state index in [9.17, 15) is 4.79 Å². The molecule has 1 unspecified atom stereocenters. The summed E-state index contributed by atoms with van der Waals surface area (Å²) < 4.78 is 5.21. The molecule has 1 N–H and O–H groups in total. The summed E-state index contributed by atoms with van der Waals surface area (Å²) in [7, 11) is 0. The summed E-state index contributed by atoms with van der Waals surface area (Å²) in [4.78, 5) is 13.9. The number of ether oxygens (including phenoxy) is 1. The van der Waals surface area contributed by atoms with Crippen molar-refractivity contribution in [2.75, 3.05) is 18.0 Å². The topological polar surface area (TPSA) is 41.6 Å². The summed E-state index contributed by atoms with van der Waals surface area (Å²) in [6, 6.07) is 5.39. The smallest absolute Gasteiger partial charge is 0.408 e. The number of hydrogen-bond donors (Lipinski definition) is 1. The standard InChI is InChI=1S/C19H27ClN2O2/c1-7-22(8-2)17-13-15(11-12-16(17)20)10-9-14(3)21-18(23)24-19(4,5)6/h11-14H,7-8H2,1-6H3,(H,21,23). The fourth-order valence-corrected chi connectivity index (χ4v) is 2.35. The fourth-order valence-electron chi connectivity index (χ4n) is 2.11. The highest BCUT2D eigenvalue weighted by Crippen LogP contribution is 2.26. The Balaban J connectivity index is 2.82. The number of anilines is 1. The van der Waals surface area contributed by atoms with Crippen molar-refractivity contribution in [1.82, 2.24) is 5.32 Å². The van der Waals surface area contributed by atoms with Crippen LogP contribution >= 0.6 is 11.6 Å². The summed E-state index contributed by atoms with van der Waals surface area (Å²) in [6.45, 7) is 13.2. The van der Waals surface area contributed by atoms with E-state index in [-0.39, 0.29) is 6.04 Å². The Labute approximate surface area is 150 Å². The molecule has 0 heterocycles. The third-order valence-corrected chi connectivity index (χ3v) is 3.54. The molecule has 0 spiro atoms. The quantitative estimate of drug-likeness (QED) is 0.815. The van der Waals surface area contributed by atoms with E-state index < -0.39 is 11.7 Å². The van der Waals surface area contributed by atoms with Crippen LogP contribution in [0.2, 0.25) is 5.02 Å². The number of rotatable bonds is 4. The zero-order chi connectivity index (χ0) is 18.3. The molecule has 1 atom stereocenters. The molecule has 0 saturated heterocycles. The van der Waals surface area contributed by atoms with E-state index in [1.54, 1.807) is 0 Å². The Kier molecular flexibility index (Phi) is 7.44. The van der Waals surface area contributed by atoms with Gasteiger partial charge in [0.25, 0.3) is 0 Å². The van der Waals surface area contributed by atoms with Crippen LogP contribution in [0.4, 0.5) is 10.5 Å². The Morgan fingerprint density at radius 3 is 2.50 bits per heavy atom. The van der Waals surface area contributed by atoms with Crippen molar-refractivity contribution in [2.24, 2.45) is 0 Å². The summed E-state index contributed by atoms with van der Waals surface area (Å²) in [5, 5.41) is 3.42. The maximum absolute atomic E-state index is 11.7. The van der Waals surface area contributed by atoms with E-state index in [0.717, 1.165) is 24.3 Å². The number of amides is 1. The number of halogens is 1. The van der Waals surface area contributed by atoms with E-state index in [4.69, 9.17) is 16.3 Å². The number of nitrogens with one attached hydrogen (secondary N) is 1. The molecule has 1 aromatic rings. The predicted octanol–water partition coefficient (Wildman–Crippen LogP) is 4.45.